The summed E-state index contributed by atoms with van der Waals surface area (Å²) in [5.41, 5.74) is 12.0. The minimum Gasteiger partial charge on any atom is -0.208 e. The molecule has 0 aliphatic heterocycles. The van der Waals surface area contributed by atoms with Crippen LogP contribution in [0.2, 0.25) is 0 Å². The number of aromatic nitrogens is 3. The highest BCUT2D eigenvalue weighted by Gasteiger charge is 2.17. The molecule has 0 saturated heterocycles. The topological polar surface area (TPSA) is 38.7 Å². The number of benzene rings is 8. The molecule has 0 N–H and O–H groups in total. The van der Waals surface area contributed by atoms with E-state index < -0.39 is 0 Å². The second-order valence-electron chi connectivity index (χ2n) is 12.8. The van der Waals surface area contributed by atoms with Gasteiger partial charge >= 0.3 is 0 Å². The van der Waals surface area contributed by atoms with Crippen LogP contribution in [-0.4, -0.2) is 15.0 Å². The maximum absolute atomic E-state index is 5.17. The van der Waals surface area contributed by atoms with Gasteiger partial charge in [-0.2, -0.15) is 0 Å². The highest BCUT2D eigenvalue weighted by Crippen LogP contribution is 2.40. The number of fused-ring (bicyclic) bond motifs is 1. The lowest BCUT2D eigenvalue weighted by Gasteiger charge is -2.16. The maximum Gasteiger partial charge on any atom is 0.164 e. The molecule has 9 rings (SSSR count). The van der Waals surface area contributed by atoms with Gasteiger partial charge in [-0.05, 0) is 67.4 Å². The van der Waals surface area contributed by atoms with E-state index in [9.17, 15) is 0 Å². The van der Waals surface area contributed by atoms with Gasteiger partial charge in [-0.3, -0.25) is 0 Å². The first-order chi connectivity index (χ1) is 25.8. The van der Waals surface area contributed by atoms with E-state index in [-0.39, 0.29) is 0 Å². The first-order valence-electron chi connectivity index (χ1n) is 17.5. The normalized spacial score (nSPS) is 11.1. The van der Waals surface area contributed by atoms with Crippen LogP contribution >= 0.6 is 0 Å². The molecule has 3 nitrogen and oxygen atoms in total. The van der Waals surface area contributed by atoms with E-state index in [4.69, 9.17) is 15.0 Å². The third-order valence-electron chi connectivity index (χ3n) is 9.56. The predicted octanol–water partition coefficient (Wildman–Crippen LogP) is 12.7. The van der Waals surface area contributed by atoms with Gasteiger partial charge in [0, 0.05) is 16.7 Å². The largest absolute Gasteiger partial charge is 0.208 e. The van der Waals surface area contributed by atoms with Gasteiger partial charge < -0.3 is 0 Å². The van der Waals surface area contributed by atoms with Gasteiger partial charge in [-0.1, -0.05) is 188 Å². The van der Waals surface area contributed by atoms with Crippen LogP contribution in [0.15, 0.2) is 200 Å². The molecule has 0 amide bonds. The minimum absolute atomic E-state index is 0.626. The monoisotopic (exact) mass is 663 g/mol. The number of rotatable bonds is 7. The van der Waals surface area contributed by atoms with Gasteiger partial charge in [-0.25, -0.2) is 15.0 Å². The lowest BCUT2D eigenvalue weighted by molar-refractivity contribution is 1.07. The van der Waals surface area contributed by atoms with E-state index in [1.165, 1.54) is 33.0 Å². The highest BCUT2D eigenvalue weighted by atomic mass is 15.0. The quantitative estimate of drug-likeness (QED) is 0.170. The molecule has 0 fully saturated rings. The summed E-state index contributed by atoms with van der Waals surface area (Å²) in [7, 11) is 0. The zero-order valence-corrected chi connectivity index (χ0v) is 28.4. The smallest absolute Gasteiger partial charge is 0.164 e. The van der Waals surface area contributed by atoms with Gasteiger partial charge in [0.15, 0.2) is 17.5 Å². The lowest BCUT2D eigenvalue weighted by atomic mass is 9.88. The van der Waals surface area contributed by atoms with Crippen LogP contribution < -0.4 is 0 Å². The summed E-state index contributed by atoms with van der Waals surface area (Å²) < 4.78 is 0. The molecule has 0 atom stereocenters. The average Bonchev–Trinajstić information content (AvgIpc) is 3.24. The molecule has 0 aliphatic rings. The summed E-state index contributed by atoms with van der Waals surface area (Å²) in [5.74, 6) is 1.90. The van der Waals surface area contributed by atoms with Crippen LogP contribution in [0.1, 0.15) is 0 Å². The van der Waals surface area contributed by atoms with Gasteiger partial charge in [0.2, 0.25) is 0 Å². The van der Waals surface area contributed by atoms with Crippen molar-refractivity contribution in [2.75, 3.05) is 0 Å². The Hall–Kier alpha value is -6.97. The number of hydrogen-bond acceptors (Lipinski definition) is 3. The van der Waals surface area contributed by atoms with Crippen molar-refractivity contribution in [3.63, 3.8) is 0 Å². The molecular formula is C49H33N3. The molecule has 8 aromatic carbocycles. The van der Waals surface area contributed by atoms with E-state index in [2.05, 4.69) is 158 Å². The maximum atomic E-state index is 5.17. The fraction of sp³-hybridized carbons (Fsp3) is 0. The summed E-state index contributed by atoms with van der Waals surface area (Å²) in [5, 5.41) is 2.44. The highest BCUT2D eigenvalue weighted by molar-refractivity contribution is 6.01. The fourth-order valence-corrected chi connectivity index (χ4v) is 7.00. The molecule has 1 aromatic heterocycles. The lowest BCUT2D eigenvalue weighted by Crippen LogP contribution is -2.01. The van der Waals surface area contributed by atoms with Crippen LogP contribution in [0.5, 0.6) is 0 Å². The Morgan fingerprint density at radius 3 is 1.50 bits per heavy atom. The van der Waals surface area contributed by atoms with Crippen molar-refractivity contribution in [1.29, 1.82) is 0 Å². The molecule has 0 saturated carbocycles. The number of nitrogens with zero attached hydrogens (tertiary/aromatic N) is 3. The number of hydrogen-bond donors (Lipinski definition) is 0. The summed E-state index contributed by atoms with van der Waals surface area (Å²) in [6, 6.07) is 70.0. The molecule has 0 aliphatic carbocycles. The van der Waals surface area contributed by atoms with Crippen LogP contribution in [0, 0.1) is 0 Å². The first kappa shape index (κ1) is 31.0. The summed E-state index contributed by atoms with van der Waals surface area (Å²) in [4.78, 5) is 15.3. The summed E-state index contributed by atoms with van der Waals surface area (Å²) >= 11 is 0. The third kappa shape index (κ3) is 6.06. The van der Waals surface area contributed by atoms with E-state index in [0.29, 0.717) is 17.5 Å². The molecule has 0 bridgehead atoms. The van der Waals surface area contributed by atoms with Gasteiger partial charge in [-0.15, -0.1) is 0 Å². The van der Waals surface area contributed by atoms with Crippen molar-refractivity contribution < 1.29 is 0 Å². The molecule has 3 heteroatoms. The van der Waals surface area contributed by atoms with Gasteiger partial charge in [0.05, 0.1) is 0 Å². The zero-order chi connectivity index (χ0) is 34.7. The summed E-state index contributed by atoms with van der Waals surface area (Å²) in [6.45, 7) is 0. The second kappa shape index (κ2) is 13.7. The first-order valence-corrected chi connectivity index (χ1v) is 17.5. The molecular weight excluding hydrogens is 631 g/mol. The Morgan fingerprint density at radius 1 is 0.231 bits per heavy atom. The summed E-state index contributed by atoms with van der Waals surface area (Å²) in [6.07, 6.45) is 0. The molecule has 9 aromatic rings. The van der Waals surface area contributed by atoms with Crippen molar-refractivity contribution in [3.8, 4) is 78.7 Å². The Kier molecular flexibility index (Phi) is 8.20. The van der Waals surface area contributed by atoms with Gasteiger partial charge in [0.1, 0.15) is 0 Å². The van der Waals surface area contributed by atoms with Crippen molar-refractivity contribution in [2.24, 2.45) is 0 Å². The molecule has 1 heterocycles. The minimum atomic E-state index is 0.626. The molecule has 52 heavy (non-hydrogen) atoms. The third-order valence-corrected chi connectivity index (χ3v) is 9.56. The van der Waals surface area contributed by atoms with Gasteiger partial charge in [0.25, 0.3) is 0 Å². The predicted molar refractivity (Wildman–Crippen MR) is 215 cm³/mol. The van der Waals surface area contributed by atoms with E-state index in [1.807, 2.05) is 42.5 Å². The molecule has 0 unspecified atom stereocenters. The SMILES string of the molecule is c1ccc(-c2ccc(-c3cccc(-c4nc(-c5ccccc5)nc(-c5ccccc5-c5ccccc5)n4)c3)c(-c3cccc4ccccc34)c2)cc1. The standard InChI is InChI=1S/C49H33N3/c1-4-16-34(17-5-1)38-30-31-43(46(33-38)44-29-15-23-36-20-10-11-26-41(36)44)39-24-14-25-40(32-39)48-50-47(37-21-8-3-9-22-37)51-49(52-48)45-28-13-12-27-42(45)35-18-6-2-7-19-35/h1-33H. The van der Waals surface area contributed by atoms with E-state index in [0.717, 1.165) is 38.9 Å². The van der Waals surface area contributed by atoms with Crippen molar-refractivity contribution in [3.05, 3.63) is 200 Å². The molecule has 0 radical (unpaired) electrons. The van der Waals surface area contributed by atoms with Crippen molar-refractivity contribution >= 4 is 10.8 Å². The van der Waals surface area contributed by atoms with E-state index >= 15 is 0 Å². The Morgan fingerprint density at radius 2 is 0.731 bits per heavy atom. The fourth-order valence-electron chi connectivity index (χ4n) is 7.00. The molecule has 244 valence electrons. The van der Waals surface area contributed by atoms with Crippen LogP contribution in [0.25, 0.3) is 89.4 Å². The van der Waals surface area contributed by atoms with Crippen molar-refractivity contribution in [2.45, 2.75) is 0 Å². The second-order valence-corrected chi connectivity index (χ2v) is 12.8. The average molecular weight is 664 g/mol. The zero-order valence-electron chi connectivity index (χ0n) is 28.4. The molecule has 0 spiro atoms. The Balaban J connectivity index is 1.22. The van der Waals surface area contributed by atoms with Crippen LogP contribution in [0.3, 0.4) is 0 Å². The van der Waals surface area contributed by atoms with E-state index in [1.54, 1.807) is 0 Å². The van der Waals surface area contributed by atoms with Crippen LogP contribution in [-0.2, 0) is 0 Å². The van der Waals surface area contributed by atoms with Crippen molar-refractivity contribution in [1.82, 2.24) is 15.0 Å². The van der Waals surface area contributed by atoms with Crippen LogP contribution in [0.4, 0.5) is 0 Å². The Bertz CT molecular complexity index is 2660. The Labute approximate surface area is 303 Å².